The summed E-state index contributed by atoms with van der Waals surface area (Å²) in [5, 5.41) is 0.610. The van der Waals surface area contributed by atoms with Crippen molar-refractivity contribution in [3.05, 3.63) is 60.2 Å². The Hall–Kier alpha value is -2.73. The van der Waals surface area contributed by atoms with Crippen molar-refractivity contribution in [2.75, 3.05) is 0 Å². The molecule has 0 saturated heterocycles. The van der Waals surface area contributed by atoms with Crippen molar-refractivity contribution in [1.29, 1.82) is 0 Å². The molecule has 0 saturated carbocycles. The summed E-state index contributed by atoms with van der Waals surface area (Å²) in [7, 11) is 0. The summed E-state index contributed by atoms with van der Waals surface area (Å²) in [4.78, 5) is 16.7. The predicted octanol–water partition coefficient (Wildman–Crippen LogP) is 3.03. The van der Waals surface area contributed by atoms with E-state index < -0.39 is 17.3 Å². The second-order valence-electron chi connectivity index (χ2n) is 4.71. The minimum absolute atomic E-state index is 0.194. The van der Waals surface area contributed by atoms with E-state index in [0.29, 0.717) is 16.6 Å². The molecular formula is C16H9NO4S. The summed E-state index contributed by atoms with van der Waals surface area (Å²) in [6.07, 6.45) is 0. The van der Waals surface area contributed by atoms with Crippen molar-refractivity contribution < 1.29 is 17.4 Å². The number of fused-ring (bicyclic) bond motifs is 3. The molecule has 0 bridgehead atoms. The van der Waals surface area contributed by atoms with Crippen LogP contribution in [0.3, 0.4) is 0 Å². The van der Waals surface area contributed by atoms with Crippen LogP contribution in [0.1, 0.15) is 10.4 Å². The lowest BCUT2D eigenvalue weighted by molar-refractivity contribution is 0.0729. The van der Waals surface area contributed by atoms with Crippen LogP contribution in [-0.4, -0.2) is 15.2 Å². The van der Waals surface area contributed by atoms with Gasteiger partial charge in [0.25, 0.3) is 0 Å². The zero-order valence-electron chi connectivity index (χ0n) is 11.2. The van der Waals surface area contributed by atoms with Gasteiger partial charge in [-0.3, -0.25) is 0 Å². The predicted molar refractivity (Wildman–Crippen MR) is 81.4 cm³/mol. The van der Waals surface area contributed by atoms with Crippen LogP contribution >= 0.6 is 0 Å². The number of rotatable bonds is 1. The van der Waals surface area contributed by atoms with Crippen molar-refractivity contribution in [3.63, 3.8) is 0 Å². The fraction of sp³-hybridized carbons (Fsp3) is 0. The number of pyridine rings is 1. The second kappa shape index (κ2) is 4.92. The van der Waals surface area contributed by atoms with Gasteiger partial charge in [0.1, 0.15) is 11.3 Å². The molecule has 0 radical (unpaired) electrons. The number of aromatic nitrogens is 1. The lowest BCUT2D eigenvalue weighted by Gasteiger charge is -2.19. The molecule has 1 unspecified atom stereocenters. The third-order valence-corrected chi connectivity index (χ3v) is 3.98. The highest BCUT2D eigenvalue weighted by Gasteiger charge is 2.32. The zero-order valence-corrected chi connectivity index (χ0v) is 12.0. The smallest absolute Gasteiger partial charge is 0.368 e. The molecule has 0 aliphatic carbocycles. The van der Waals surface area contributed by atoms with Crippen LogP contribution in [0, 0.1) is 0 Å². The number of carbonyl (C=O) groups excluding carboxylic acids is 1. The van der Waals surface area contributed by atoms with Crippen LogP contribution in [-0.2, 0) is 15.5 Å². The van der Waals surface area contributed by atoms with Crippen LogP contribution in [0.2, 0.25) is 0 Å². The molecule has 2 aromatic carbocycles. The number of para-hydroxylation sites is 1. The van der Waals surface area contributed by atoms with Gasteiger partial charge in [-0.2, -0.15) is 4.21 Å². The van der Waals surface area contributed by atoms with Gasteiger partial charge >= 0.3 is 17.3 Å². The van der Waals surface area contributed by atoms with Gasteiger partial charge in [0.2, 0.25) is 0 Å². The van der Waals surface area contributed by atoms with E-state index in [4.69, 9.17) is 8.37 Å². The van der Waals surface area contributed by atoms with Gasteiger partial charge in [-0.1, -0.05) is 48.5 Å². The highest BCUT2D eigenvalue weighted by molar-refractivity contribution is 7.76. The van der Waals surface area contributed by atoms with Crippen LogP contribution in [0.25, 0.3) is 22.2 Å². The van der Waals surface area contributed by atoms with Gasteiger partial charge in [0, 0.05) is 10.9 Å². The molecule has 5 nitrogen and oxygen atoms in total. The summed E-state index contributed by atoms with van der Waals surface area (Å²) >= 11 is -2.15. The van der Waals surface area contributed by atoms with Crippen LogP contribution in [0.4, 0.5) is 0 Å². The summed E-state index contributed by atoms with van der Waals surface area (Å²) in [5.74, 6) is -0.477. The Morgan fingerprint density at radius 1 is 0.909 bits per heavy atom. The first-order valence-electron chi connectivity index (χ1n) is 6.55. The summed E-state index contributed by atoms with van der Waals surface area (Å²) in [5.41, 5.74) is 2.15. The van der Waals surface area contributed by atoms with Crippen molar-refractivity contribution >= 4 is 28.2 Å². The molecule has 0 spiro atoms. The standard InChI is InChI=1S/C16H9NO4S/c18-16-13-11-8-4-5-9-12(11)17-14(10-6-2-1-3-7-10)15(13)20-22(19)21-16/h1-9H. The topological polar surface area (TPSA) is 65.5 Å². The number of hydrogen-bond donors (Lipinski definition) is 0. The Bertz CT molecular complexity index is 924. The van der Waals surface area contributed by atoms with Gasteiger partial charge in [-0.15, -0.1) is 0 Å². The molecule has 3 aromatic rings. The maximum atomic E-state index is 12.2. The van der Waals surface area contributed by atoms with Crippen LogP contribution in [0.15, 0.2) is 54.6 Å². The number of benzene rings is 2. The monoisotopic (exact) mass is 311 g/mol. The van der Waals surface area contributed by atoms with Gasteiger partial charge in [-0.25, -0.2) is 9.78 Å². The quantitative estimate of drug-likeness (QED) is 0.691. The van der Waals surface area contributed by atoms with Crippen molar-refractivity contribution in [3.8, 4) is 17.0 Å². The fourth-order valence-electron chi connectivity index (χ4n) is 2.46. The summed E-state index contributed by atoms with van der Waals surface area (Å²) < 4.78 is 21.5. The number of hydrogen-bond acceptors (Lipinski definition) is 5. The molecular weight excluding hydrogens is 302 g/mol. The molecule has 108 valence electrons. The molecule has 6 heteroatoms. The second-order valence-corrected chi connectivity index (χ2v) is 5.45. The average Bonchev–Trinajstić information content (AvgIpc) is 2.54. The first-order chi connectivity index (χ1) is 10.7. The van der Waals surface area contributed by atoms with E-state index >= 15 is 0 Å². The van der Waals surface area contributed by atoms with E-state index in [1.54, 1.807) is 18.2 Å². The Morgan fingerprint density at radius 3 is 2.45 bits per heavy atom. The molecule has 2 heterocycles. The molecule has 1 aliphatic heterocycles. The molecule has 4 rings (SSSR count). The zero-order chi connectivity index (χ0) is 15.1. The maximum Gasteiger partial charge on any atom is 0.420 e. The Kier molecular flexibility index (Phi) is 2.90. The van der Waals surface area contributed by atoms with E-state index in [1.807, 2.05) is 36.4 Å². The normalized spacial score (nSPS) is 16.7. The third-order valence-electron chi connectivity index (χ3n) is 3.39. The largest absolute Gasteiger partial charge is 0.420 e. The summed E-state index contributed by atoms with van der Waals surface area (Å²) in [6, 6.07) is 16.5. The van der Waals surface area contributed by atoms with E-state index in [-0.39, 0.29) is 11.3 Å². The molecule has 0 amide bonds. The van der Waals surface area contributed by atoms with Crippen molar-refractivity contribution in [1.82, 2.24) is 4.98 Å². The highest BCUT2D eigenvalue weighted by atomic mass is 32.2. The van der Waals surface area contributed by atoms with Gasteiger partial charge in [0.05, 0.1) is 5.52 Å². The molecule has 1 atom stereocenters. The first-order valence-corrected chi connectivity index (χ1v) is 7.55. The van der Waals surface area contributed by atoms with Crippen LogP contribution in [0.5, 0.6) is 5.75 Å². The average molecular weight is 311 g/mol. The number of nitrogens with zero attached hydrogens (tertiary/aromatic N) is 1. The van der Waals surface area contributed by atoms with E-state index in [9.17, 15) is 9.00 Å². The Morgan fingerprint density at radius 2 is 1.64 bits per heavy atom. The van der Waals surface area contributed by atoms with E-state index in [2.05, 4.69) is 4.98 Å². The van der Waals surface area contributed by atoms with Crippen molar-refractivity contribution in [2.24, 2.45) is 0 Å². The minimum atomic E-state index is -2.15. The molecule has 0 fully saturated rings. The van der Waals surface area contributed by atoms with Crippen molar-refractivity contribution in [2.45, 2.75) is 0 Å². The fourth-order valence-corrected chi connectivity index (χ4v) is 3.00. The van der Waals surface area contributed by atoms with Gasteiger partial charge < -0.3 is 8.37 Å². The Labute approximate surface area is 128 Å². The molecule has 0 N–H and O–H groups in total. The van der Waals surface area contributed by atoms with Gasteiger partial charge in [0.15, 0.2) is 5.75 Å². The van der Waals surface area contributed by atoms with Gasteiger partial charge in [-0.05, 0) is 6.07 Å². The first kappa shape index (κ1) is 13.0. The highest BCUT2D eigenvalue weighted by Crippen LogP contribution is 2.39. The van der Waals surface area contributed by atoms with E-state index in [0.717, 1.165) is 5.56 Å². The summed E-state index contributed by atoms with van der Waals surface area (Å²) in [6.45, 7) is 0. The molecule has 1 aliphatic rings. The SMILES string of the molecule is O=C1OS(=O)Oc2c(-c3ccccc3)nc3ccccc3c21. The molecule has 22 heavy (non-hydrogen) atoms. The lowest BCUT2D eigenvalue weighted by atomic mass is 10.0. The third kappa shape index (κ3) is 1.96. The molecule has 1 aromatic heterocycles. The number of carbonyl (C=O) groups is 1. The van der Waals surface area contributed by atoms with E-state index in [1.165, 1.54) is 0 Å². The Balaban J connectivity index is 2.12. The van der Waals surface area contributed by atoms with Crippen LogP contribution < -0.4 is 4.18 Å². The maximum absolute atomic E-state index is 12.2. The minimum Gasteiger partial charge on any atom is -0.368 e. The lowest BCUT2D eigenvalue weighted by Crippen LogP contribution is -2.21.